The van der Waals surface area contributed by atoms with Crippen LogP contribution in [0.3, 0.4) is 0 Å². The van der Waals surface area contributed by atoms with E-state index in [0.717, 1.165) is 63.7 Å². The maximum atomic E-state index is 5.90. The van der Waals surface area contributed by atoms with Crippen LogP contribution in [0.1, 0.15) is 18.9 Å². The van der Waals surface area contributed by atoms with E-state index >= 15 is 0 Å². The Labute approximate surface area is 173 Å². The molecule has 0 amide bonds. The van der Waals surface area contributed by atoms with Crippen LogP contribution in [0.15, 0.2) is 48.5 Å². The van der Waals surface area contributed by atoms with Crippen molar-refractivity contribution in [2.24, 2.45) is 0 Å². The molecule has 3 aromatic carbocycles. The molecule has 0 aliphatic carbocycles. The molecule has 0 N–H and O–H groups in total. The second-order valence-corrected chi connectivity index (χ2v) is 6.63. The molecule has 0 saturated heterocycles. The van der Waals surface area contributed by atoms with Crippen LogP contribution in [0.2, 0.25) is 0 Å². The Morgan fingerprint density at radius 3 is 1.62 bits per heavy atom. The predicted octanol–water partition coefficient (Wildman–Crippen LogP) is 5.81. The smallest absolute Gasteiger partial charge is 0.138 e. The Kier molecular flexibility index (Phi) is 6.65. The minimum absolute atomic E-state index is 0.733. The molecule has 0 spiro atoms. The number of benzene rings is 3. The fourth-order valence-electron chi connectivity index (χ4n) is 3.48. The summed E-state index contributed by atoms with van der Waals surface area (Å²) >= 11 is 0. The molecule has 0 aromatic heterocycles. The molecule has 0 aliphatic heterocycles. The van der Waals surface area contributed by atoms with Crippen molar-refractivity contribution >= 4 is 0 Å². The number of hydrogen-bond donors (Lipinski definition) is 0. The van der Waals surface area contributed by atoms with E-state index in [1.807, 2.05) is 48.5 Å². The monoisotopic (exact) mass is 391 g/mol. The van der Waals surface area contributed by atoms with Gasteiger partial charge in [0.25, 0.3) is 0 Å². The lowest BCUT2D eigenvalue weighted by atomic mass is 9.91. The summed E-state index contributed by atoms with van der Waals surface area (Å²) in [6.07, 6.45) is 1.85. The summed E-state index contributed by atoms with van der Waals surface area (Å²) in [5.74, 6) is 3.15. The summed E-state index contributed by atoms with van der Waals surface area (Å²) in [7, 11) is 6.70. The van der Waals surface area contributed by atoms with Gasteiger partial charge in [-0.1, -0.05) is 37.6 Å². The highest BCUT2D eigenvalue weighted by Crippen LogP contribution is 2.47. The van der Waals surface area contributed by atoms with Crippen molar-refractivity contribution < 1.29 is 18.9 Å². The third-order valence-corrected chi connectivity index (χ3v) is 4.90. The average Bonchev–Trinajstić information content (AvgIpc) is 2.78. The Balaban J connectivity index is 2.28. The molecule has 0 bridgehead atoms. The Hall–Kier alpha value is -3.14. The van der Waals surface area contributed by atoms with Crippen molar-refractivity contribution in [1.29, 1.82) is 0 Å². The fourth-order valence-corrected chi connectivity index (χ4v) is 3.48. The van der Waals surface area contributed by atoms with Crippen molar-refractivity contribution in [1.82, 2.24) is 0 Å². The number of rotatable bonds is 8. The number of methoxy groups -OCH3 is 4. The summed E-state index contributed by atoms with van der Waals surface area (Å²) in [6, 6.07) is 19.4. The SMILES string of the molecule is CCCc1[c]c(-c2ccc(OC)cc2)c(OC)c(-c2ccc(OC)cc2)c1OC. The molecule has 29 heavy (non-hydrogen) atoms. The van der Waals surface area contributed by atoms with Gasteiger partial charge < -0.3 is 18.9 Å². The summed E-state index contributed by atoms with van der Waals surface area (Å²) in [5, 5.41) is 0. The minimum atomic E-state index is 0.733. The zero-order valence-corrected chi connectivity index (χ0v) is 17.7. The molecule has 3 aromatic rings. The largest absolute Gasteiger partial charge is 0.497 e. The van der Waals surface area contributed by atoms with Gasteiger partial charge in [-0.25, -0.2) is 0 Å². The van der Waals surface area contributed by atoms with Crippen molar-refractivity contribution in [3.63, 3.8) is 0 Å². The van der Waals surface area contributed by atoms with Crippen LogP contribution >= 0.6 is 0 Å². The average molecular weight is 391 g/mol. The highest BCUT2D eigenvalue weighted by atomic mass is 16.5. The van der Waals surface area contributed by atoms with Crippen molar-refractivity contribution in [3.8, 4) is 45.3 Å². The van der Waals surface area contributed by atoms with Crippen LogP contribution in [0.25, 0.3) is 22.3 Å². The van der Waals surface area contributed by atoms with Crippen molar-refractivity contribution in [3.05, 3.63) is 60.2 Å². The highest BCUT2D eigenvalue weighted by molar-refractivity contribution is 5.88. The standard InChI is InChI=1S/C25H27O4/c1-6-7-19-16-22(17-8-12-20(26-2)13-9-17)25(29-5)23(24(19)28-4)18-10-14-21(27-3)15-11-18/h8-15H,6-7H2,1-5H3. The zero-order valence-electron chi connectivity index (χ0n) is 17.7. The lowest BCUT2D eigenvalue weighted by molar-refractivity contribution is 0.394. The third-order valence-electron chi connectivity index (χ3n) is 4.90. The lowest BCUT2D eigenvalue weighted by Crippen LogP contribution is -2.01. The minimum Gasteiger partial charge on any atom is -0.497 e. The molecule has 0 saturated carbocycles. The second kappa shape index (κ2) is 9.37. The first kappa shape index (κ1) is 20.6. The topological polar surface area (TPSA) is 36.9 Å². The van der Waals surface area contributed by atoms with Gasteiger partial charge in [-0.15, -0.1) is 0 Å². The molecule has 4 heteroatoms. The Morgan fingerprint density at radius 1 is 0.655 bits per heavy atom. The van der Waals surface area contributed by atoms with Crippen LogP contribution < -0.4 is 18.9 Å². The molecule has 151 valence electrons. The van der Waals surface area contributed by atoms with E-state index in [1.54, 1.807) is 28.4 Å². The van der Waals surface area contributed by atoms with Gasteiger partial charge in [0.2, 0.25) is 0 Å². The van der Waals surface area contributed by atoms with E-state index in [2.05, 4.69) is 13.0 Å². The van der Waals surface area contributed by atoms with Crippen molar-refractivity contribution in [2.75, 3.05) is 28.4 Å². The van der Waals surface area contributed by atoms with Gasteiger partial charge in [0, 0.05) is 17.2 Å². The van der Waals surface area contributed by atoms with E-state index in [1.165, 1.54) is 0 Å². The maximum Gasteiger partial charge on any atom is 0.138 e. The summed E-state index contributed by atoms with van der Waals surface area (Å²) in [5.41, 5.74) is 4.88. The molecule has 0 fully saturated rings. The van der Waals surface area contributed by atoms with E-state index in [4.69, 9.17) is 18.9 Å². The molecular formula is C25H27O4. The van der Waals surface area contributed by atoms with Gasteiger partial charge in [-0.3, -0.25) is 0 Å². The molecular weight excluding hydrogens is 364 g/mol. The molecule has 0 heterocycles. The van der Waals surface area contributed by atoms with Crippen LogP contribution in [-0.2, 0) is 6.42 Å². The first-order valence-electron chi connectivity index (χ1n) is 9.65. The lowest BCUT2D eigenvalue weighted by Gasteiger charge is -2.21. The Bertz CT molecular complexity index is 944. The molecule has 0 aliphatic rings. The van der Waals surface area contributed by atoms with Crippen LogP contribution in [0, 0.1) is 6.07 Å². The van der Waals surface area contributed by atoms with Gasteiger partial charge in [-0.2, -0.15) is 0 Å². The number of hydrogen-bond acceptors (Lipinski definition) is 4. The normalized spacial score (nSPS) is 10.5. The molecule has 0 atom stereocenters. The predicted molar refractivity (Wildman–Crippen MR) is 116 cm³/mol. The van der Waals surface area contributed by atoms with Crippen LogP contribution in [0.4, 0.5) is 0 Å². The first-order valence-corrected chi connectivity index (χ1v) is 9.65. The number of ether oxygens (including phenoxy) is 4. The van der Waals surface area contributed by atoms with E-state index in [-0.39, 0.29) is 0 Å². The number of aryl methyl sites for hydroxylation is 1. The van der Waals surface area contributed by atoms with Gasteiger partial charge >= 0.3 is 0 Å². The van der Waals surface area contributed by atoms with E-state index in [9.17, 15) is 0 Å². The molecule has 4 nitrogen and oxygen atoms in total. The van der Waals surface area contributed by atoms with Crippen LogP contribution in [-0.4, -0.2) is 28.4 Å². The molecule has 0 unspecified atom stereocenters. The van der Waals surface area contributed by atoms with Gasteiger partial charge in [0.1, 0.15) is 23.0 Å². The van der Waals surface area contributed by atoms with E-state index in [0.29, 0.717) is 0 Å². The maximum absolute atomic E-state index is 5.90. The molecule has 1 radical (unpaired) electrons. The van der Waals surface area contributed by atoms with E-state index < -0.39 is 0 Å². The first-order chi connectivity index (χ1) is 14.2. The zero-order chi connectivity index (χ0) is 20.8. The highest BCUT2D eigenvalue weighted by Gasteiger charge is 2.22. The van der Waals surface area contributed by atoms with Crippen LogP contribution in [0.5, 0.6) is 23.0 Å². The van der Waals surface area contributed by atoms with Crippen molar-refractivity contribution in [2.45, 2.75) is 19.8 Å². The third kappa shape index (κ3) is 4.16. The summed E-state index contributed by atoms with van der Waals surface area (Å²) in [4.78, 5) is 0. The summed E-state index contributed by atoms with van der Waals surface area (Å²) in [6.45, 7) is 2.15. The van der Waals surface area contributed by atoms with Gasteiger partial charge in [0.15, 0.2) is 0 Å². The second-order valence-electron chi connectivity index (χ2n) is 6.63. The Morgan fingerprint density at radius 2 is 1.17 bits per heavy atom. The van der Waals surface area contributed by atoms with Gasteiger partial charge in [0.05, 0.1) is 34.0 Å². The summed E-state index contributed by atoms with van der Waals surface area (Å²) < 4.78 is 22.4. The van der Waals surface area contributed by atoms with Gasteiger partial charge in [-0.05, 0) is 41.8 Å². The molecule has 3 rings (SSSR count). The fraction of sp³-hybridized carbons (Fsp3) is 0.280. The quantitative estimate of drug-likeness (QED) is 0.486.